The fourth-order valence-corrected chi connectivity index (χ4v) is 4.33. The van der Waals surface area contributed by atoms with Crippen LogP contribution in [0, 0.1) is 0 Å². The summed E-state index contributed by atoms with van der Waals surface area (Å²) < 4.78 is 25.6. The molecule has 0 amide bonds. The minimum atomic E-state index is -3.37. The van der Waals surface area contributed by atoms with E-state index < -0.39 is 14.6 Å². The van der Waals surface area contributed by atoms with E-state index in [1.165, 1.54) is 5.56 Å². The molecule has 0 aliphatic rings. The lowest BCUT2D eigenvalue weighted by atomic mass is 9.89. The highest BCUT2D eigenvalue weighted by Gasteiger charge is 2.36. The molecule has 0 spiro atoms. The van der Waals surface area contributed by atoms with Crippen LogP contribution < -0.4 is 0 Å². The van der Waals surface area contributed by atoms with Gasteiger partial charge in [-0.1, -0.05) is 53.7 Å². The van der Waals surface area contributed by atoms with Crippen LogP contribution >= 0.6 is 0 Å². The number of benzene rings is 1. The molecule has 0 saturated carbocycles. The van der Waals surface area contributed by atoms with E-state index >= 15 is 0 Å². The van der Waals surface area contributed by atoms with E-state index in [1.54, 1.807) is 20.8 Å². The molecule has 22 heavy (non-hydrogen) atoms. The molecule has 0 fully saturated rings. The Bertz CT molecular complexity index is 601. The fourth-order valence-electron chi connectivity index (χ4n) is 2.51. The average Bonchev–Trinajstić information content (AvgIpc) is 2.35. The molecule has 0 atom stereocenters. The number of hydrogen-bond donors (Lipinski definition) is 0. The predicted octanol–water partition coefficient (Wildman–Crippen LogP) is 5.63. The maximum absolute atomic E-state index is 13.2. The first-order valence-corrected chi connectivity index (χ1v) is 9.71. The molecule has 0 unspecified atom stereocenters. The number of sulfone groups is 1. The van der Waals surface area contributed by atoms with Gasteiger partial charge in [-0.15, -0.1) is 0 Å². The van der Waals surface area contributed by atoms with Crippen molar-refractivity contribution in [2.24, 2.45) is 0 Å². The third-order valence-electron chi connectivity index (χ3n) is 4.15. The molecule has 1 aromatic rings. The normalized spacial score (nSPS) is 13.5. The summed E-state index contributed by atoms with van der Waals surface area (Å²) in [4.78, 5) is 0.564. The second kappa shape index (κ2) is 6.35. The van der Waals surface area contributed by atoms with E-state index in [0.717, 1.165) is 11.1 Å². The Morgan fingerprint density at radius 1 is 0.773 bits per heavy atom. The Morgan fingerprint density at radius 2 is 1.14 bits per heavy atom. The summed E-state index contributed by atoms with van der Waals surface area (Å²) in [7, 11) is -3.37. The zero-order chi connectivity index (χ0) is 17.5. The smallest absolute Gasteiger partial charge is 0.183 e. The first-order valence-electron chi connectivity index (χ1n) is 8.23. The Balaban J connectivity index is 3.90. The van der Waals surface area contributed by atoms with Gasteiger partial charge in [0, 0.05) is 0 Å². The van der Waals surface area contributed by atoms with Crippen molar-refractivity contribution in [2.45, 2.75) is 89.7 Å². The molecule has 3 heteroatoms. The Morgan fingerprint density at radius 3 is 1.36 bits per heavy atom. The quantitative estimate of drug-likeness (QED) is 0.719. The largest absolute Gasteiger partial charge is 0.223 e. The number of hydrogen-bond acceptors (Lipinski definition) is 2. The first kappa shape index (κ1) is 19.2. The lowest BCUT2D eigenvalue weighted by Gasteiger charge is -2.27. The molecular weight excluding hydrogens is 292 g/mol. The zero-order valence-corrected chi connectivity index (χ0v) is 16.4. The van der Waals surface area contributed by atoms with Crippen LogP contribution in [0.2, 0.25) is 0 Å². The van der Waals surface area contributed by atoms with Crippen LogP contribution in [0.5, 0.6) is 0 Å². The van der Waals surface area contributed by atoms with E-state index in [1.807, 2.05) is 0 Å². The maximum atomic E-state index is 13.2. The summed E-state index contributed by atoms with van der Waals surface area (Å²) in [6.07, 6.45) is 0. The van der Waals surface area contributed by atoms with Gasteiger partial charge in [0.05, 0.1) is 9.64 Å². The van der Waals surface area contributed by atoms with Crippen LogP contribution in [0.1, 0.15) is 96.8 Å². The van der Waals surface area contributed by atoms with Crippen molar-refractivity contribution in [3.63, 3.8) is 0 Å². The summed E-state index contributed by atoms with van der Waals surface area (Å²) in [6, 6.07) is 4.19. The lowest BCUT2D eigenvalue weighted by Crippen LogP contribution is -2.30. The Labute approximate surface area is 137 Å². The molecule has 0 saturated heterocycles. The highest BCUT2D eigenvalue weighted by molar-refractivity contribution is 7.92. The molecule has 0 heterocycles. The van der Waals surface area contributed by atoms with E-state index in [-0.39, 0.29) is 11.8 Å². The van der Waals surface area contributed by atoms with Gasteiger partial charge in [0.2, 0.25) is 0 Å². The monoisotopic (exact) mass is 324 g/mol. The minimum absolute atomic E-state index is 0.184. The molecule has 1 rings (SSSR count). The van der Waals surface area contributed by atoms with Crippen LogP contribution in [0.3, 0.4) is 0 Å². The highest BCUT2D eigenvalue weighted by atomic mass is 32.2. The predicted molar refractivity (Wildman–Crippen MR) is 95.6 cm³/mol. The lowest BCUT2D eigenvalue weighted by molar-refractivity contribution is 0.555. The van der Waals surface area contributed by atoms with Gasteiger partial charge in [0.1, 0.15) is 0 Å². The third-order valence-corrected chi connectivity index (χ3v) is 6.78. The minimum Gasteiger partial charge on any atom is -0.223 e. The van der Waals surface area contributed by atoms with E-state index in [0.29, 0.717) is 10.8 Å². The summed E-state index contributed by atoms with van der Waals surface area (Å²) in [5, 5.41) is 0. The molecule has 0 radical (unpaired) electrons. The van der Waals surface area contributed by atoms with E-state index in [2.05, 4.69) is 53.7 Å². The topological polar surface area (TPSA) is 34.1 Å². The maximum Gasteiger partial charge on any atom is 0.183 e. The van der Waals surface area contributed by atoms with Crippen LogP contribution in [0.4, 0.5) is 0 Å². The molecule has 0 aliphatic carbocycles. The fraction of sp³-hybridized carbons (Fsp3) is 0.684. The molecular formula is C19H32O2S. The highest BCUT2D eigenvalue weighted by Crippen LogP contribution is 2.39. The second-order valence-corrected chi connectivity index (χ2v) is 10.7. The third kappa shape index (κ3) is 3.56. The second-order valence-electron chi connectivity index (χ2n) is 8.11. The van der Waals surface area contributed by atoms with Gasteiger partial charge in [0.15, 0.2) is 9.84 Å². The standard InChI is InChI=1S/C19H32O2S/c1-12(2)15-10-16(13(3)4)18(17(11-15)14(5)6)22(20,21)19(7,8)9/h10-14H,1-9H3. The van der Waals surface area contributed by atoms with Crippen LogP contribution in [-0.2, 0) is 9.84 Å². The van der Waals surface area contributed by atoms with Crippen LogP contribution in [0.25, 0.3) is 0 Å². The molecule has 0 N–H and O–H groups in total. The van der Waals surface area contributed by atoms with Crippen molar-refractivity contribution in [3.05, 3.63) is 28.8 Å². The first-order chi connectivity index (χ1) is 9.80. The Hall–Kier alpha value is -0.830. The van der Waals surface area contributed by atoms with E-state index in [4.69, 9.17) is 0 Å². The summed E-state index contributed by atoms with van der Waals surface area (Å²) in [6.45, 7) is 18.0. The van der Waals surface area contributed by atoms with Gasteiger partial charge < -0.3 is 0 Å². The van der Waals surface area contributed by atoms with Crippen molar-refractivity contribution in [1.82, 2.24) is 0 Å². The van der Waals surface area contributed by atoms with Crippen molar-refractivity contribution in [1.29, 1.82) is 0 Å². The zero-order valence-electron chi connectivity index (χ0n) is 15.6. The average molecular weight is 325 g/mol. The van der Waals surface area contributed by atoms with Gasteiger partial charge in [-0.25, -0.2) is 8.42 Å². The van der Waals surface area contributed by atoms with Crippen molar-refractivity contribution in [2.75, 3.05) is 0 Å². The van der Waals surface area contributed by atoms with Gasteiger partial charge in [0.25, 0.3) is 0 Å². The Kier molecular flexibility index (Phi) is 5.55. The SMILES string of the molecule is CC(C)c1cc(C(C)C)c(S(=O)(=O)C(C)(C)C)c(C(C)C)c1. The number of rotatable bonds is 4. The van der Waals surface area contributed by atoms with Gasteiger partial charge >= 0.3 is 0 Å². The van der Waals surface area contributed by atoms with Crippen molar-refractivity contribution >= 4 is 9.84 Å². The molecule has 2 nitrogen and oxygen atoms in total. The van der Waals surface area contributed by atoms with Gasteiger partial charge in [-0.3, -0.25) is 0 Å². The molecule has 0 bridgehead atoms. The molecule has 0 aliphatic heterocycles. The summed E-state index contributed by atoms with van der Waals surface area (Å²) in [5.74, 6) is 0.757. The van der Waals surface area contributed by atoms with Crippen molar-refractivity contribution < 1.29 is 8.42 Å². The molecule has 126 valence electrons. The molecule has 1 aromatic carbocycles. The summed E-state index contributed by atoms with van der Waals surface area (Å²) >= 11 is 0. The van der Waals surface area contributed by atoms with Crippen molar-refractivity contribution in [3.8, 4) is 0 Å². The van der Waals surface area contributed by atoms with Crippen LogP contribution in [-0.4, -0.2) is 13.2 Å². The molecule has 0 aromatic heterocycles. The van der Waals surface area contributed by atoms with Gasteiger partial charge in [-0.2, -0.15) is 0 Å². The van der Waals surface area contributed by atoms with Crippen LogP contribution in [0.15, 0.2) is 17.0 Å². The summed E-state index contributed by atoms with van der Waals surface area (Å²) in [5.41, 5.74) is 3.15. The van der Waals surface area contributed by atoms with Gasteiger partial charge in [-0.05, 0) is 55.2 Å². The van der Waals surface area contributed by atoms with E-state index in [9.17, 15) is 8.42 Å².